The SMILES string of the molecule is CCOc1cc(C(=O)N(C)[C@H](CO)c2cncc3cn[nH]c23)ccc1-c1cccc(Cl)c1. The van der Waals surface area contributed by atoms with Gasteiger partial charge < -0.3 is 14.7 Å². The van der Waals surface area contributed by atoms with Crippen molar-refractivity contribution >= 4 is 28.4 Å². The van der Waals surface area contributed by atoms with E-state index in [2.05, 4.69) is 15.2 Å². The number of nitrogens with zero attached hydrogens (tertiary/aromatic N) is 3. The van der Waals surface area contributed by atoms with Crippen LogP contribution in [0.3, 0.4) is 0 Å². The lowest BCUT2D eigenvalue weighted by molar-refractivity contribution is 0.0659. The summed E-state index contributed by atoms with van der Waals surface area (Å²) in [5.41, 5.74) is 3.63. The largest absolute Gasteiger partial charge is 0.493 e. The summed E-state index contributed by atoms with van der Waals surface area (Å²) in [6.07, 6.45) is 4.98. The monoisotopic (exact) mass is 450 g/mol. The molecule has 8 heteroatoms. The molecule has 164 valence electrons. The summed E-state index contributed by atoms with van der Waals surface area (Å²) < 4.78 is 5.83. The Morgan fingerprint density at radius 2 is 2.06 bits per heavy atom. The third-order valence-corrected chi connectivity index (χ3v) is 5.60. The number of ether oxygens (including phenoxy) is 1. The molecule has 0 radical (unpaired) electrons. The van der Waals surface area contributed by atoms with Crippen LogP contribution < -0.4 is 4.74 Å². The molecule has 7 nitrogen and oxygen atoms in total. The highest BCUT2D eigenvalue weighted by molar-refractivity contribution is 6.30. The fourth-order valence-corrected chi connectivity index (χ4v) is 3.93. The van der Waals surface area contributed by atoms with Gasteiger partial charge in [-0.2, -0.15) is 5.10 Å². The van der Waals surface area contributed by atoms with Gasteiger partial charge >= 0.3 is 0 Å². The van der Waals surface area contributed by atoms with Gasteiger partial charge in [0.25, 0.3) is 5.91 Å². The minimum atomic E-state index is -0.595. The van der Waals surface area contributed by atoms with E-state index in [1.54, 1.807) is 37.8 Å². The number of halogens is 1. The predicted molar refractivity (Wildman–Crippen MR) is 124 cm³/mol. The molecule has 2 aromatic heterocycles. The average molecular weight is 451 g/mol. The van der Waals surface area contributed by atoms with Crippen LogP contribution in [0.2, 0.25) is 5.02 Å². The van der Waals surface area contributed by atoms with E-state index < -0.39 is 6.04 Å². The van der Waals surface area contributed by atoms with Gasteiger partial charge in [-0.15, -0.1) is 0 Å². The number of carbonyl (C=O) groups is 1. The van der Waals surface area contributed by atoms with E-state index in [-0.39, 0.29) is 12.5 Å². The standard InChI is InChI=1S/C24H23ClN4O3/c1-3-32-22-10-16(7-8-19(22)15-5-4-6-18(25)9-15)24(31)29(2)21(14-30)20-13-26-11-17-12-27-28-23(17)20/h4-13,21,30H,3,14H2,1-2H3,(H,27,28)/t21-/m1/s1. The Balaban J connectivity index is 1.68. The van der Waals surface area contributed by atoms with Crippen LogP contribution in [0.4, 0.5) is 0 Å². The molecule has 1 amide bonds. The summed E-state index contributed by atoms with van der Waals surface area (Å²) in [5.74, 6) is 0.339. The number of rotatable bonds is 7. The summed E-state index contributed by atoms with van der Waals surface area (Å²) in [4.78, 5) is 19.1. The predicted octanol–water partition coefficient (Wildman–Crippen LogP) is 4.48. The number of likely N-dealkylation sites (N-methyl/N-ethyl adjacent to an activating group) is 1. The van der Waals surface area contributed by atoms with E-state index in [1.165, 1.54) is 4.90 Å². The number of hydrogen-bond acceptors (Lipinski definition) is 5. The van der Waals surface area contributed by atoms with Crippen molar-refractivity contribution in [3.63, 3.8) is 0 Å². The molecule has 0 aliphatic rings. The van der Waals surface area contributed by atoms with Crippen molar-refractivity contribution in [3.05, 3.63) is 77.2 Å². The molecule has 4 aromatic rings. The van der Waals surface area contributed by atoms with E-state index in [0.29, 0.717) is 28.5 Å². The lowest BCUT2D eigenvalue weighted by Crippen LogP contribution is -2.33. The topological polar surface area (TPSA) is 91.3 Å². The van der Waals surface area contributed by atoms with Gasteiger partial charge in [0.05, 0.1) is 31.0 Å². The summed E-state index contributed by atoms with van der Waals surface area (Å²) in [6, 6.07) is 12.2. The molecule has 2 N–H and O–H groups in total. The molecule has 0 unspecified atom stereocenters. The van der Waals surface area contributed by atoms with E-state index in [9.17, 15) is 9.90 Å². The Hall–Kier alpha value is -3.42. The van der Waals surface area contributed by atoms with Gasteiger partial charge in [0.1, 0.15) is 5.75 Å². The summed E-state index contributed by atoms with van der Waals surface area (Å²) >= 11 is 6.15. The van der Waals surface area contributed by atoms with E-state index in [1.807, 2.05) is 37.3 Å². The number of aromatic nitrogens is 3. The van der Waals surface area contributed by atoms with Crippen LogP contribution in [0.15, 0.2) is 61.1 Å². The van der Waals surface area contributed by atoms with Gasteiger partial charge in [-0.1, -0.05) is 23.7 Å². The van der Waals surface area contributed by atoms with E-state index in [0.717, 1.165) is 22.0 Å². The normalized spacial score (nSPS) is 12.0. The highest BCUT2D eigenvalue weighted by Gasteiger charge is 2.25. The zero-order chi connectivity index (χ0) is 22.7. The highest BCUT2D eigenvalue weighted by Crippen LogP contribution is 2.34. The smallest absolute Gasteiger partial charge is 0.254 e. The van der Waals surface area contributed by atoms with E-state index in [4.69, 9.17) is 16.3 Å². The Morgan fingerprint density at radius 3 is 2.81 bits per heavy atom. The molecular weight excluding hydrogens is 428 g/mol. The Bertz CT molecular complexity index is 1260. The molecule has 0 aliphatic heterocycles. The van der Waals surface area contributed by atoms with Gasteiger partial charge in [0.2, 0.25) is 0 Å². The first-order chi connectivity index (χ1) is 15.5. The number of H-pyrrole nitrogens is 1. The number of benzene rings is 2. The van der Waals surface area contributed by atoms with Crippen LogP contribution >= 0.6 is 11.6 Å². The first-order valence-corrected chi connectivity index (χ1v) is 10.6. The zero-order valence-corrected chi connectivity index (χ0v) is 18.5. The molecule has 2 aromatic carbocycles. The van der Waals surface area contributed by atoms with Crippen molar-refractivity contribution in [1.29, 1.82) is 0 Å². The number of nitrogens with one attached hydrogen (secondary N) is 1. The number of fused-ring (bicyclic) bond motifs is 1. The second-order valence-corrected chi connectivity index (χ2v) is 7.77. The van der Waals surface area contributed by atoms with Crippen LogP contribution in [0.25, 0.3) is 22.0 Å². The molecule has 0 aliphatic carbocycles. The van der Waals surface area contributed by atoms with Crippen molar-refractivity contribution in [1.82, 2.24) is 20.1 Å². The van der Waals surface area contributed by atoms with Crippen LogP contribution in [0, 0.1) is 0 Å². The van der Waals surface area contributed by atoms with Gasteiger partial charge in [-0.05, 0) is 42.8 Å². The maximum Gasteiger partial charge on any atom is 0.254 e. The van der Waals surface area contributed by atoms with Crippen molar-refractivity contribution in [2.75, 3.05) is 20.3 Å². The Kier molecular flexibility index (Phi) is 6.39. The summed E-state index contributed by atoms with van der Waals surface area (Å²) in [6.45, 7) is 2.08. The number of aliphatic hydroxyl groups excluding tert-OH is 1. The quantitative estimate of drug-likeness (QED) is 0.433. The van der Waals surface area contributed by atoms with Crippen LogP contribution in [-0.4, -0.2) is 51.4 Å². The van der Waals surface area contributed by atoms with Crippen molar-refractivity contribution in [3.8, 4) is 16.9 Å². The van der Waals surface area contributed by atoms with Gasteiger partial charge in [0, 0.05) is 46.5 Å². The molecule has 1 atom stereocenters. The third kappa shape index (κ3) is 4.17. The number of aliphatic hydroxyl groups is 1. The van der Waals surface area contributed by atoms with Gasteiger partial charge in [-0.25, -0.2) is 0 Å². The van der Waals surface area contributed by atoms with Crippen molar-refractivity contribution in [2.24, 2.45) is 0 Å². The molecule has 4 rings (SSSR count). The lowest BCUT2D eigenvalue weighted by Gasteiger charge is -2.27. The number of amides is 1. The van der Waals surface area contributed by atoms with Gasteiger partial charge in [-0.3, -0.25) is 14.9 Å². The first kappa shape index (κ1) is 21.8. The minimum absolute atomic E-state index is 0.251. The second kappa shape index (κ2) is 9.38. The number of hydrogen-bond donors (Lipinski definition) is 2. The summed E-state index contributed by atoms with van der Waals surface area (Å²) in [5, 5.41) is 18.5. The fourth-order valence-electron chi connectivity index (χ4n) is 3.74. The first-order valence-electron chi connectivity index (χ1n) is 10.2. The van der Waals surface area contributed by atoms with Gasteiger partial charge in [0.15, 0.2) is 0 Å². The Morgan fingerprint density at radius 1 is 1.22 bits per heavy atom. The lowest BCUT2D eigenvalue weighted by atomic mass is 10.0. The fraction of sp³-hybridized carbons (Fsp3) is 0.208. The molecule has 2 heterocycles. The third-order valence-electron chi connectivity index (χ3n) is 5.37. The molecule has 0 fully saturated rings. The minimum Gasteiger partial charge on any atom is -0.493 e. The molecule has 0 spiro atoms. The highest BCUT2D eigenvalue weighted by atomic mass is 35.5. The molecule has 0 bridgehead atoms. The van der Waals surface area contributed by atoms with Crippen molar-refractivity contribution in [2.45, 2.75) is 13.0 Å². The second-order valence-electron chi connectivity index (χ2n) is 7.33. The number of carbonyl (C=O) groups excluding carboxylic acids is 1. The molecular formula is C24H23ClN4O3. The Labute approximate surface area is 190 Å². The maximum absolute atomic E-state index is 13.3. The summed E-state index contributed by atoms with van der Waals surface area (Å²) in [7, 11) is 1.66. The molecule has 32 heavy (non-hydrogen) atoms. The van der Waals surface area contributed by atoms with Crippen LogP contribution in [0.1, 0.15) is 28.9 Å². The number of aromatic amines is 1. The molecule has 0 saturated heterocycles. The zero-order valence-electron chi connectivity index (χ0n) is 17.7. The van der Waals surface area contributed by atoms with Crippen LogP contribution in [0.5, 0.6) is 5.75 Å². The molecule has 0 saturated carbocycles. The number of pyridine rings is 1. The average Bonchev–Trinajstić information content (AvgIpc) is 3.29. The maximum atomic E-state index is 13.3. The van der Waals surface area contributed by atoms with Crippen LogP contribution in [-0.2, 0) is 0 Å². The van der Waals surface area contributed by atoms with E-state index >= 15 is 0 Å². The van der Waals surface area contributed by atoms with Crippen molar-refractivity contribution < 1.29 is 14.6 Å².